The first kappa shape index (κ1) is 32.2. The molecule has 0 radical (unpaired) electrons. The molecule has 0 bridgehead atoms. The molecule has 10 heteroatoms. The lowest BCUT2D eigenvalue weighted by molar-refractivity contribution is -0.165. The summed E-state index contributed by atoms with van der Waals surface area (Å²) in [6.07, 6.45) is 6.89. The van der Waals surface area contributed by atoms with E-state index < -0.39 is 52.6 Å². The highest BCUT2D eigenvalue weighted by atomic mass is 16.6. The molecule has 2 amide bonds. The Morgan fingerprint density at radius 3 is 2.20 bits per heavy atom. The van der Waals surface area contributed by atoms with Crippen LogP contribution in [0.5, 0.6) is 0 Å². The summed E-state index contributed by atoms with van der Waals surface area (Å²) in [6, 6.07) is -0.799. The zero-order valence-corrected chi connectivity index (χ0v) is 25.4. The van der Waals surface area contributed by atoms with Gasteiger partial charge in [0, 0.05) is 13.0 Å². The lowest BCUT2D eigenvalue weighted by atomic mass is 9.74. The van der Waals surface area contributed by atoms with Crippen molar-refractivity contribution in [3.05, 3.63) is 0 Å². The van der Waals surface area contributed by atoms with Gasteiger partial charge in [-0.1, -0.05) is 19.3 Å². The molecule has 4 atom stereocenters. The number of carbonyl (C=O) groups is 4. The third-order valence-corrected chi connectivity index (χ3v) is 8.11. The number of nitrogens with two attached hydrogens (primary N) is 1. The summed E-state index contributed by atoms with van der Waals surface area (Å²) < 4.78 is 17.2. The van der Waals surface area contributed by atoms with Crippen LogP contribution in [0.1, 0.15) is 112 Å². The van der Waals surface area contributed by atoms with E-state index in [2.05, 4.69) is 5.32 Å². The Labute approximate surface area is 239 Å². The van der Waals surface area contributed by atoms with Crippen LogP contribution in [0.3, 0.4) is 0 Å². The average Bonchev–Trinajstić information content (AvgIpc) is 3.49. The van der Waals surface area contributed by atoms with E-state index in [1.54, 1.807) is 41.5 Å². The molecule has 2 saturated heterocycles. The average molecular weight is 566 g/mol. The second kappa shape index (κ2) is 13.1. The highest BCUT2D eigenvalue weighted by Crippen LogP contribution is 2.42. The number of esters is 2. The van der Waals surface area contributed by atoms with E-state index in [-0.39, 0.29) is 18.4 Å². The van der Waals surface area contributed by atoms with Crippen molar-refractivity contribution in [3.63, 3.8) is 0 Å². The molecule has 10 nitrogen and oxygen atoms in total. The summed E-state index contributed by atoms with van der Waals surface area (Å²) in [5.41, 5.74) is 2.63. The molecule has 2 aliphatic heterocycles. The molecule has 1 saturated carbocycles. The van der Waals surface area contributed by atoms with Gasteiger partial charge in [0.05, 0.1) is 5.92 Å². The number of carbonyl (C=O) groups excluding carboxylic acids is 4. The Morgan fingerprint density at radius 1 is 0.950 bits per heavy atom. The molecule has 228 valence electrons. The largest absolute Gasteiger partial charge is 0.462 e. The van der Waals surface area contributed by atoms with Crippen LogP contribution in [0.4, 0.5) is 4.79 Å². The highest BCUT2D eigenvalue weighted by Gasteiger charge is 2.58. The Hall–Kier alpha value is -2.36. The van der Waals surface area contributed by atoms with Gasteiger partial charge < -0.3 is 30.2 Å². The number of rotatable bonds is 9. The second-order valence-corrected chi connectivity index (χ2v) is 13.7. The molecule has 0 aromatic heterocycles. The normalized spacial score (nSPS) is 25.7. The van der Waals surface area contributed by atoms with Gasteiger partial charge in [-0.2, -0.15) is 0 Å². The summed E-state index contributed by atoms with van der Waals surface area (Å²) in [4.78, 5) is 56.2. The van der Waals surface area contributed by atoms with Crippen molar-refractivity contribution in [3.8, 4) is 0 Å². The molecule has 2 unspecified atom stereocenters. The summed E-state index contributed by atoms with van der Waals surface area (Å²) in [5, 5.41) is 2.88. The summed E-state index contributed by atoms with van der Waals surface area (Å²) >= 11 is 0. The highest BCUT2D eigenvalue weighted by molar-refractivity contribution is 5.98. The maximum absolute atomic E-state index is 14.7. The molecule has 40 heavy (non-hydrogen) atoms. The summed E-state index contributed by atoms with van der Waals surface area (Å²) in [5.74, 6) is -2.10. The number of ether oxygens (including phenoxy) is 3. The maximum atomic E-state index is 14.7. The third-order valence-electron chi connectivity index (χ3n) is 8.11. The number of amides is 2. The SMILES string of the molecule is CC(C)(C)OC(=O)N[C@@](CCCCN)(C(=O)N1CCC[C@H]1C(=O)OC(C)(C)C)C1CC(C2CCCCC2)OC1=O. The third kappa shape index (κ3) is 8.10. The smallest absolute Gasteiger partial charge is 0.408 e. The number of nitrogens with zero attached hydrogens (tertiary/aromatic N) is 1. The number of hydrogen-bond acceptors (Lipinski definition) is 8. The Bertz CT molecular complexity index is 919. The Balaban J connectivity index is 2.01. The number of alkyl carbamates (subject to hydrolysis) is 1. The Kier molecular flexibility index (Phi) is 10.5. The summed E-state index contributed by atoms with van der Waals surface area (Å²) in [6.45, 7) is 11.3. The van der Waals surface area contributed by atoms with Crippen LogP contribution in [-0.4, -0.2) is 70.8 Å². The topological polar surface area (TPSA) is 137 Å². The van der Waals surface area contributed by atoms with Gasteiger partial charge in [0.2, 0.25) is 5.91 Å². The monoisotopic (exact) mass is 565 g/mol. The van der Waals surface area contributed by atoms with E-state index in [0.717, 1.165) is 25.7 Å². The minimum atomic E-state index is -1.64. The van der Waals surface area contributed by atoms with Crippen LogP contribution in [0.2, 0.25) is 0 Å². The van der Waals surface area contributed by atoms with Crippen LogP contribution < -0.4 is 11.1 Å². The fraction of sp³-hybridized carbons (Fsp3) is 0.867. The van der Waals surface area contributed by atoms with Gasteiger partial charge in [-0.3, -0.25) is 9.59 Å². The fourth-order valence-corrected chi connectivity index (χ4v) is 6.35. The standard InChI is InChI=1S/C30H51N3O7/c1-28(2,3)39-25(35)22-15-12-18-33(22)26(36)30(16-10-11-17-31,32-27(37)40-29(4,5)6)21-19-23(38-24(21)34)20-13-8-7-9-14-20/h20-23H,7-19,31H2,1-6H3,(H,32,37)/t21?,22-,23?,30+/m0/s1. The predicted octanol–water partition coefficient (Wildman–Crippen LogP) is 4.22. The van der Waals surface area contributed by atoms with Gasteiger partial charge in [-0.15, -0.1) is 0 Å². The molecule has 3 aliphatic rings. The van der Waals surface area contributed by atoms with E-state index in [1.165, 1.54) is 11.3 Å². The molecule has 2 heterocycles. The fourth-order valence-electron chi connectivity index (χ4n) is 6.35. The van der Waals surface area contributed by atoms with Gasteiger partial charge in [0.15, 0.2) is 0 Å². The molecule has 3 rings (SSSR count). The van der Waals surface area contributed by atoms with Crippen LogP contribution >= 0.6 is 0 Å². The number of cyclic esters (lactones) is 1. The van der Waals surface area contributed by atoms with Crippen molar-refractivity contribution in [2.24, 2.45) is 17.6 Å². The minimum Gasteiger partial charge on any atom is -0.462 e. The maximum Gasteiger partial charge on any atom is 0.408 e. The van der Waals surface area contributed by atoms with Gasteiger partial charge in [-0.25, -0.2) is 9.59 Å². The van der Waals surface area contributed by atoms with Crippen molar-refractivity contribution in [1.29, 1.82) is 0 Å². The Morgan fingerprint density at radius 2 is 1.60 bits per heavy atom. The van der Waals surface area contributed by atoms with Crippen molar-refractivity contribution in [2.45, 2.75) is 141 Å². The quantitative estimate of drug-likeness (QED) is 0.241. The molecular formula is C30H51N3O7. The van der Waals surface area contributed by atoms with Gasteiger partial charge in [0.25, 0.3) is 0 Å². The van der Waals surface area contributed by atoms with E-state index in [1.807, 2.05) is 0 Å². The first-order chi connectivity index (χ1) is 18.7. The lowest BCUT2D eigenvalue weighted by Gasteiger charge is -2.41. The molecule has 0 aromatic carbocycles. The van der Waals surface area contributed by atoms with E-state index in [4.69, 9.17) is 19.9 Å². The van der Waals surface area contributed by atoms with Crippen LogP contribution in [-0.2, 0) is 28.6 Å². The van der Waals surface area contributed by atoms with Crippen molar-refractivity contribution >= 4 is 23.9 Å². The van der Waals surface area contributed by atoms with Crippen LogP contribution in [0.25, 0.3) is 0 Å². The first-order valence-electron chi connectivity index (χ1n) is 15.1. The number of likely N-dealkylation sites (tertiary alicyclic amines) is 1. The van der Waals surface area contributed by atoms with E-state index in [0.29, 0.717) is 45.2 Å². The van der Waals surface area contributed by atoms with Crippen LogP contribution in [0.15, 0.2) is 0 Å². The lowest BCUT2D eigenvalue weighted by Crippen LogP contribution is -2.66. The molecule has 3 fully saturated rings. The molecule has 0 spiro atoms. The number of unbranched alkanes of at least 4 members (excludes halogenated alkanes) is 1. The van der Waals surface area contributed by atoms with Gasteiger partial charge in [0.1, 0.15) is 28.9 Å². The predicted molar refractivity (Wildman–Crippen MR) is 150 cm³/mol. The van der Waals surface area contributed by atoms with Gasteiger partial charge in [-0.05, 0) is 99.0 Å². The zero-order chi connectivity index (χ0) is 29.7. The van der Waals surface area contributed by atoms with Gasteiger partial charge >= 0.3 is 18.0 Å². The number of nitrogens with one attached hydrogen (secondary N) is 1. The molecule has 3 N–H and O–H groups in total. The second-order valence-electron chi connectivity index (χ2n) is 13.7. The van der Waals surface area contributed by atoms with Crippen molar-refractivity contribution < 1.29 is 33.4 Å². The van der Waals surface area contributed by atoms with Crippen LogP contribution in [0, 0.1) is 11.8 Å². The number of hydrogen-bond donors (Lipinski definition) is 2. The summed E-state index contributed by atoms with van der Waals surface area (Å²) in [7, 11) is 0. The van der Waals surface area contributed by atoms with Crippen molar-refractivity contribution in [2.75, 3.05) is 13.1 Å². The molecular weight excluding hydrogens is 514 g/mol. The van der Waals surface area contributed by atoms with Crippen molar-refractivity contribution in [1.82, 2.24) is 10.2 Å². The zero-order valence-electron chi connectivity index (χ0n) is 25.4. The van der Waals surface area contributed by atoms with E-state index >= 15 is 0 Å². The molecule has 1 aliphatic carbocycles. The molecule has 0 aromatic rings. The first-order valence-corrected chi connectivity index (χ1v) is 15.1. The minimum absolute atomic E-state index is 0.178. The van der Waals surface area contributed by atoms with E-state index in [9.17, 15) is 19.2 Å².